The van der Waals surface area contributed by atoms with Crippen LogP contribution in [0.25, 0.3) is 0 Å². The van der Waals surface area contributed by atoms with E-state index in [1.54, 1.807) is 0 Å². The third-order valence-electron chi connectivity index (χ3n) is 19.4. The van der Waals surface area contributed by atoms with Crippen LogP contribution in [0.1, 0.15) is 99.8 Å². The minimum Gasteiger partial charge on any atom is -0.479 e. The number of carbonyl (C=O) groups is 1. The van der Waals surface area contributed by atoms with Gasteiger partial charge < -0.3 is 89.7 Å². The smallest absolute Gasteiger partial charge is 0.335 e. The lowest BCUT2D eigenvalue weighted by Gasteiger charge is -2.72. The SMILES string of the molecule is CC1(C)C[C@H]2C3=CC[C@@H]4[C@@]5(C)CC[C@H](O[C@@H]6O[C@H](C(=O)O)[C@@H](O)[C@H](O)[C@H]6O[C@@H]6O[C@H](CO)[C@H](O)[C@H](O)[C@H]6O)[C@](C)(CO)[C@@H]5CC[C@@]4(C)[C@]3(C)CC[C@@]2(C)[C@H](O[C@@H]2OC[C@H](O)[C@H](O)[C@H]2O)[C@@H]1O. The van der Waals surface area contributed by atoms with E-state index < -0.39 is 133 Å². The predicted molar refractivity (Wildman–Crippen MR) is 227 cm³/mol. The molecule has 0 unspecified atom stereocenters. The molecule has 0 amide bonds. The lowest BCUT2D eigenvalue weighted by atomic mass is 9.33. The Kier molecular flexibility index (Phi) is 13.6. The van der Waals surface area contributed by atoms with Crippen molar-refractivity contribution in [1.29, 1.82) is 0 Å². The lowest BCUT2D eigenvalue weighted by Crippen LogP contribution is -2.69. The van der Waals surface area contributed by atoms with Crippen molar-refractivity contribution in [3.05, 3.63) is 11.6 Å². The van der Waals surface area contributed by atoms with Crippen molar-refractivity contribution in [3.8, 4) is 0 Å². The molecule has 12 N–H and O–H groups in total. The van der Waals surface area contributed by atoms with Crippen molar-refractivity contribution < 1.29 is 94.5 Å². The molecule has 7 fully saturated rings. The summed E-state index contributed by atoms with van der Waals surface area (Å²) in [4.78, 5) is 12.3. The summed E-state index contributed by atoms with van der Waals surface area (Å²) < 4.78 is 36.2. The Balaban J connectivity index is 1.06. The van der Waals surface area contributed by atoms with E-state index in [9.17, 15) is 66.1 Å². The molecule has 19 nitrogen and oxygen atoms in total. The minimum atomic E-state index is -2.01. The molecule has 0 radical (unpaired) electrons. The van der Waals surface area contributed by atoms with Crippen LogP contribution in [0.4, 0.5) is 0 Å². The van der Waals surface area contributed by atoms with Crippen LogP contribution < -0.4 is 0 Å². The molecule has 3 heterocycles. The van der Waals surface area contributed by atoms with Crippen molar-refractivity contribution in [2.75, 3.05) is 19.8 Å². The summed E-state index contributed by atoms with van der Waals surface area (Å²) in [6, 6.07) is 0. The Morgan fingerprint density at radius 2 is 1.38 bits per heavy atom. The molecule has 8 aliphatic rings. The van der Waals surface area contributed by atoms with Gasteiger partial charge in [-0.15, -0.1) is 0 Å². The Morgan fingerprint density at radius 1 is 0.697 bits per heavy atom. The number of aliphatic hydroxyl groups is 11. The summed E-state index contributed by atoms with van der Waals surface area (Å²) >= 11 is 0. The van der Waals surface area contributed by atoms with Gasteiger partial charge in [0.1, 0.15) is 61.0 Å². The van der Waals surface area contributed by atoms with Crippen LogP contribution in [0.2, 0.25) is 0 Å². The molecule has 378 valence electrons. The zero-order chi connectivity index (χ0) is 48.4. The largest absolute Gasteiger partial charge is 0.479 e. The van der Waals surface area contributed by atoms with Crippen LogP contribution in [0.3, 0.4) is 0 Å². The Morgan fingerprint density at radius 3 is 2.03 bits per heavy atom. The van der Waals surface area contributed by atoms with Crippen LogP contribution in [-0.2, 0) is 33.2 Å². The molecule has 66 heavy (non-hydrogen) atoms. The fourth-order valence-corrected chi connectivity index (χ4v) is 14.9. The summed E-state index contributed by atoms with van der Waals surface area (Å²) in [6.07, 6.45) is -17.8. The lowest BCUT2D eigenvalue weighted by molar-refractivity contribution is -0.375. The van der Waals surface area contributed by atoms with Gasteiger partial charge in [-0.2, -0.15) is 0 Å². The molecule has 0 bridgehead atoms. The maximum atomic E-state index is 12.3. The monoisotopic (exact) mass is 944 g/mol. The topological polar surface area (TPSA) is 315 Å². The summed E-state index contributed by atoms with van der Waals surface area (Å²) in [5, 5.41) is 129. The first-order valence-corrected chi connectivity index (χ1v) is 23.9. The fourth-order valence-electron chi connectivity index (χ4n) is 14.9. The minimum absolute atomic E-state index is 0.00294. The van der Waals surface area contributed by atoms with Gasteiger partial charge in [0.15, 0.2) is 25.0 Å². The molecule has 19 heteroatoms. The third-order valence-corrected chi connectivity index (χ3v) is 19.4. The van der Waals surface area contributed by atoms with E-state index in [4.69, 9.17) is 28.4 Å². The first kappa shape index (κ1) is 50.9. The van der Waals surface area contributed by atoms with Gasteiger partial charge in [0.05, 0.1) is 38.1 Å². The van der Waals surface area contributed by atoms with Crippen molar-refractivity contribution >= 4 is 5.97 Å². The van der Waals surface area contributed by atoms with Gasteiger partial charge in [-0.1, -0.05) is 60.1 Å². The average Bonchev–Trinajstić information content (AvgIpc) is 3.26. The van der Waals surface area contributed by atoms with Crippen LogP contribution >= 0.6 is 0 Å². The number of rotatable bonds is 9. The molecular formula is C47H76O19. The van der Waals surface area contributed by atoms with Crippen molar-refractivity contribution in [2.45, 2.75) is 204 Å². The first-order valence-electron chi connectivity index (χ1n) is 23.9. The molecule has 5 aliphatic carbocycles. The normalized spacial score (nSPS) is 55.9. The van der Waals surface area contributed by atoms with Crippen molar-refractivity contribution in [2.24, 2.45) is 50.2 Å². The van der Waals surface area contributed by atoms with E-state index in [0.29, 0.717) is 32.1 Å². The number of allylic oxidation sites excluding steroid dienone is 2. The van der Waals surface area contributed by atoms with Crippen LogP contribution in [-0.4, -0.2) is 191 Å². The van der Waals surface area contributed by atoms with Gasteiger partial charge in [-0.3, -0.25) is 0 Å². The summed E-state index contributed by atoms with van der Waals surface area (Å²) in [7, 11) is 0. The molecule has 0 aromatic heterocycles. The third kappa shape index (κ3) is 7.60. The number of hydrogen-bond donors (Lipinski definition) is 12. The average molecular weight is 945 g/mol. The summed E-state index contributed by atoms with van der Waals surface area (Å²) in [5.74, 6) is -1.54. The predicted octanol–water partition coefficient (Wildman–Crippen LogP) is -0.713. The zero-order valence-electron chi connectivity index (χ0n) is 39.1. The second kappa shape index (κ2) is 17.7. The number of carboxylic acid groups (broad SMARTS) is 1. The van der Waals surface area contributed by atoms with E-state index in [1.807, 2.05) is 20.8 Å². The van der Waals surface area contributed by atoms with E-state index in [1.165, 1.54) is 5.57 Å². The highest BCUT2D eigenvalue weighted by atomic mass is 16.8. The van der Waals surface area contributed by atoms with Gasteiger partial charge in [0.2, 0.25) is 0 Å². The number of fused-ring (bicyclic) bond motifs is 7. The van der Waals surface area contributed by atoms with Gasteiger partial charge in [0.25, 0.3) is 0 Å². The maximum Gasteiger partial charge on any atom is 0.335 e. The number of ether oxygens (including phenoxy) is 6. The van der Waals surface area contributed by atoms with Crippen LogP contribution in [0.5, 0.6) is 0 Å². The Bertz CT molecular complexity index is 1820. The molecule has 4 saturated carbocycles. The number of hydrogen-bond acceptors (Lipinski definition) is 18. The summed E-state index contributed by atoms with van der Waals surface area (Å²) in [6.45, 7) is 13.9. The molecule has 0 spiro atoms. The fraction of sp³-hybridized carbons (Fsp3) is 0.936. The Labute approximate surface area is 385 Å². The number of aliphatic hydroxyl groups excluding tert-OH is 11. The van der Waals surface area contributed by atoms with Crippen LogP contribution in [0, 0.1) is 50.2 Å². The van der Waals surface area contributed by atoms with E-state index in [-0.39, 0.29) is 47.2 Å². The highest BCUT2D eigenvalue weighted by molar-refractivity contribution is 5.73. The molecule has 0 aromatic rings. The number of carboxylic acids is 1. The molecule has 0 aromatic carbocycles. The van der Waals surface area contributed by atoms with Crippen LogP contribution in [0.15, 0.2) is 11.6 Å². The second-order valence-electron chi connectivity index (χ2n) is 23.2. The van der Waals surface area contributed by atoms with Gasteiger partial charge in [0, 0.05) is 10.8 Å². The molecular weight excluding hydrogens is 868 g/mol. The van der Waals surface area contributed by atoms with Crippen molar-refractivity contribution in [3.63, 3.8) is 0 Å². The van der Waals surface area contributed by atoms with Gasteiger partial charge >= 0.3 is 5.97 Å². The zero-order valence-corrected chi connectivity index (χ0v) is 39.1. The van der Waals surface area contributed by atoms with E-state index in [0.717, 1.165) is 19.3 Å². The van der Waals surface area contributed by atoms with Crippen molar-refractivity contribution in [1.82, 2.24) is 0 Å². The summed E-state index contributed by atoms with van der Waals surface area (Å²) in [5.41, 5.74) is -1.56. The van der Waals surface area contributed by atoms with E-state index in [2.05, 4.69) is 33.8 Å². The van der Waals surface area contributed by atoms with E-state index >= 15 is 0 Å². The molecule has 25 atom stereocenters. The second-order valence-corrected chi connectivity index (χ2v) is 23.2. The first-order chi connectivity index (χ1) is 30.7. The molecule has 8 rings (SSSR count). The highest BCUT2D eigenvalue weighted by Crippen LogP contribution is 2.76. The standard InChI is InChI=1S/C47H76O19/c1-42(2)16-21-20-8-9-25-44(4)12-11-26(63-41-35(31(55)30(54)34(64-41)38(59)60)65-40-33(57)29(53)28(52)23(17-48)62-40)45(5,19-49)24(44)10-13-47(25,7)46(20,6)15-14-43(21,3)37(36(42)58)66-39-32(56)27(51)22(50)18-61-39/h8,21-37,39-41,48-58H,9-19H2,1-7H3,(H,59,60)/t21-,22-,23+,24+,25+,26-,27-,28-,29-,30-,31-,32+,33+,34-,35+,36-,37+,39-,40-,41+,43+,44-,45+,46+,47+/m0/s1. The molecule has 3 aliphatic heterocycles. The number of aliphatic carboxylic acids is 1. The highest BCUT2D eigenvalue weighted by Gasteiger charge is 2.71. The quantitative estimate of drug-likeness (QED) is 0.100. The maximum absolute atomic E-state index is 12.3. The van der Waals surface area contributed by atoms with Gasteiger partial charge in [-0.25, -0.2) is 4.79 Å². The molecule has 3 saturated heterocycles. The van der Waals surface area contributed by atoms with Gasteiger partial charge in [-0.05, 0) is 90.8 Å². The Hall–Kier alpha value is -1.47.